The van der Waals surface area contributed by atoms with E-state index in [0.29, 0.717) is 59.9 Å². The zero-order valence-electron chi connectivity index (χ0n) is 17.1. The number of aryl methyl sites for hydroxylation is 1. The molecule has 3 aromatic rings. The van der Waals surface area contributed by atoms with Gasteiger partial charge >= 0.3 is 6.18 Å². The third-order valence-corrected chi connectivity index (χ3v) is 6.60. The molecule has 0 saturated heterocycles. The number of nitrogens with zero attached hydrogens (tertiary/aromatic N) is 3. The van der Waals surface area contributed by atoms with Gasteiger partial charge in [-0.05, 0) is 43.5 Å². The van der Waals surface area contributed by atoms with E-state index >= 15 is 0 Å². The van der Waals surface area contributed by atoms with Crippen LogP contribution in [-0.4, -0.2) is 21.2 Å². The summed E-state index contributed by atoms with van der Waals surface area (Å²) < 4.78 is 43.2. The van der Waals surface area contributed by atoms with Crippen molar-refractivity contribution in [2.45, 2.75) is 51.4 Å². The van der Waals surface area contributed by atoms with Gasteiger partial charge in [0.05, 0.1) is 27.4 Å². The number of hydrogen-bond acceptors (Lipinski definition) is 3. The molecule has 1 aliphatic heterocycles. The van der Waals surface area contributed by atoms with Gasteiger partial charge in [-0.3, -0.25) is 0 Å². The summed E-state index contributed by atoms with van der Waals surface area (Å²) in [5.41, 5.74) is -0.0775. The van der Waals surface area contributed by atoms with Gasteiger partial charge < -0.3 is 14.6 Å². The third kappa shape index (κ3) is 3.66. The fourth-order valence-corrected chi connectivity index (χ4v) is 4.67. The largest absolute Gasteiger partial charge is 0.418 e. The molecule has 4 rings (SSSR count). The minimum atomic E-state index is -4.57. The van der Waals surface area contributed by atoms with Crippen molar-refractivity contribution < 1.29 is 18.3 Å². The van der Waals surface area contributed by atoms with Gasteiger partial charge in [0.25, 0.3) is 0 Å². The first-order valence-electron chi connectivity index (χ1n) is 10.2. The smallest absolute Gasteiger partial charge is 0.385 e. The summed E-state index contributed by atoms with van der Waals surface area (Å²) in [6, 6.07) is 7.22. The minimum absolute atomic E-state index is 0.00734. The van der Waals surface area contributed by atoms with E-state index in [4.69, 9.17) is 23.2 Å². The van der Waals surface area contributed by atoms with Gasteiger partial charge in [0.1, 0.15) is 5.52 Å². The molecular weight excluding hydrogens is 450 g/mol. The van der Waals surface area contributed by atoms with Crippen LogP contribution in [-0.2, 0) is 18.3 Å². The normalized spacial score (nSPS) is 14.9. The molecule has 9 heteroatoms. The van der Waals surface area contributed by atoms with Crippen molar-refractivity contribution in [3.8, 4) is 0 Å². The van der Waals surface area contributed by atoms with Crippen molar-refractivity contribution in [1.29, 1.82) is 0 Å². The first kappa shape index (κ1) is 22.2. The van der Waals surface area contributed by atoms with Crippen molar-refractivity contribution in [2.75, 3.05) is 11.4 Å². The van der Waals surface area contributed by atoms with Crippen molar-refractivity contribution >= 4 is 45.9 Å². The molecule has 1 N–H and O–H groups in total. The number of anilines is 2. The average molecular weight is 472 g/mol. The lowest BCUT2D eigenvalue weighted by Crippen LogP contribution is -2.31. The molecular formula is C22H22Cl2F3N3O. The van der Waals surface area contributed by atoms with Gasteiger partial charge in [-0.25, -0.2) is 4.98 Å². The SMILES string of the molecule is CCC(O)(CC)c1ccc(Cl)c2nc3n(c12)CCCN3c1ccc(Cl)cc1C(F)(F)F. The summed E-state index contributed by atoms with van der Waals surface area (Å²) in [6.45, 7) is 4.72. The van der Waals surface area contributed by atoms with Crippen molar-refractivity contribution in [3.63, 3.8) is 0 Å². The van der Waals surface area contributed by atoms with Gasteiger partial charge in [0.2, 0.25) is 5.95 Å². The Bertz CT molecular complexity index is 1140. The summed E-state index contributed by atoms with van der Waals surface area (Å²) in [4.78, 5) is 6.20. The maximum atomic E-state index is 13.8. The highest BCUT2D eigenvalue weighted by atomic mass is 35.5. The maximum absolute atomic E-state index is 13.8. The van der Waals surface area contributed by atoms with E-state index in [1.54, 1.807) is 17.0 Å². The molecule has 0 atom stereocenters. The summed E-state index contributed by atoms with van der Waals surface area (Å²) >= 11 is 12.3. The van der Waals surface area contributed by atoms with Crippen LogP contribution in [0.5, 0.6) is 0 Å². The minimum Gasteiger partial charge on any atom is -0.385 e. The number of aliphatic hydroxyl groups is 1. The second kappa shape index (κ2) is 7.87. The van der Waals surface area contributed by atoms with Crippen LogP contribution in [0.3, 0.4) is 0 Å². The van der Waals surface area contributed by atoms with Gasteiger partial charge in [0, 0.05) is 23.7 Å². The Morgan fingerprint density at radius 2 is 1.74 bits per heavy atom. The molecule has 0 saturated carbocycles. The molecule has 0 radical (unpaired) electrons. The number of benzene rings is 2. The molecule has 0 amide bonds. The second-order valence-electron chi connectivity index (χ2n) is 7.76. The average Bonchev–Trinajstić information content (AvgIpc) is 3.13. The first-order valence-corrected chi connectivity index (χ1v) is 10.9. The zero-order valence-corrected chi connectivity index (χ0v) is 18.6. The Morgan fingerprint density at radius 3 is 2.39 bits per heavy atom. The molecule has 166 valence electrons. The highest BCUT2D eigenvalue weighted by molar-refractivity contribution is 6.35. The van der Waals surface area contributed by atoms with E-state index in [0.717, 1.165) is 6.07 Å². The molecule has 1 aliphatic rings. The van der Waals surface area contributed by atoms with E-state index in [1.165, 1.54) is 12.1 Å². The van der Waals surface area contributed by atoms with Crippen LogP contribution in [0, 0.1) is 0 Å². The molecule has 0 unspecified atom stereocenters. The van der Waals surface area contributed by atoms with Crippen LogP contribution >= 0.6 is 23.2 Å². The molecule has 0 bridgehead atoms. The number of halogens is 5. The summed E-state index contributed by atoms with van der Waals surface area (Å²) in [5, 5.41) is 11.6. The predicted molar refractivity (Wildman–Crippen MR) is 117 cm³/mol. The van der Waals surface area contributed by atoms with E-state index in [-0.39, 0.29) is 10.7 Å². The van der Waals surface area contributed by atoms with Gasteiger partial charge in [-0.15, -0.1) is 0 Å². The lowest BCUT2D eigenvalue weighted by atomic mass is 9.87. The van der Waals surface area contributed by atoms with Crippen molar-refractivity contribution in [2.24, 2.45) is 0 Å². The molecule has 4 nitrogen and oxygen atoms in total. The second-order valence-corrected chi connectivity index (χ2v) is 8.60. The van der Waals surface area contributed by atoms with Gasteiger partial charge in [-0.1, -0.05) is 43.1 Å². The lowest BCUT2D eigenvalue weighted by Gasteiger charge is -2.32. The number of fused-ring (bicyclic) bond motifs is 3. The topological polar surface area (TPSA) is 41.3 Å². The van der Waals surface area contributed by atoms with Crippen LogP contribution in [0.1, 0.15) is 44.2 Å². The maximum Gasteiger partial charge on any atom is 0.418 e. The monoisotopic (exact) mass is 471 g/mol. The fourth-order valence-electron chi connectivity index (χ4n) is 4.31. The quantitative estimate of drug-likeness (QED) is 0.449. The van der Waals surface area contributed by atoms with Crippen LogP contribution in [0.25, 0.3) is 11.0 Å². The molecule has 0 spiro atoms. The number of hydrogen-bond donors (Lipinski definition) is 1. The standard InChI is InChI=1S/C22H22Cl2F3N3O/c1-3-21(31,4-2)14-7-8-16(24)18-19(14)30-11-5-10-29(20(30)28-18)17-9-6-13(23)12-15(17)22(25,26)27/h6-9,12,31H,3-5,10-11H2,1-2H3. The molecule has 0 aliphatic carbocycles. The Morgan fingerprint density at radius 1 is 1.03 bits per heavy atom. The molecule has 31 heavy (non-hydrogen) atoms. The van der Waals surface area contributed by atoms with E-state index in [2.05, 4.69) is 4.98 Å². The summed E-state index contributed by atoms with van der Waals surface area (Å²) in [6.07, 6.45) is -2.98. The Kier molecular flexibility index (Phi) is 5.65. The van der Waals surface area contributed by atoms with Gasteiger partial charge in [0.15, 0.2) is 0 Å². The number of rotatable bonds is 4. The molecule has 0 fully saturated rings. The lowest BCUT2D eigenvalue weighted by molar-refractivity contribution is -0.137. The van der Waals surface area contributed by atoms with E-state index in [1.807, 2.05) is 18.4 Å². The highest BCUT2D eigenvalue weighted by Crippen LogP contribution is 2.44. The highest BCUT2D eigenvalue weighted by Gasteiger charge is 2.38. The Hall–Kier alpha value is -1.96. The van der Waals surface area contributed by atoms with Gasteiger partial charge in [-0.2, -0.15) is 13.2 Å². The summed E-state index contributed by atoms with van der Waals surface area (Å²) in [5.74, 6) is 0.373. The Balaban J connectivity index is 1.98. The van der Waals surface area contributed by atoms with Crippen LogP contribution in [0.2, 0.25) is 10.0 Å². The number of alkyl halides is 3. The van der Waals surface area contributed by atoms with Crippen LogP contribution in [0.15, 0.2) is 30.3 Å². The number of aromatic nitrogens is 2. The predicted octanol–water partition coefficient (Wildman–Crippen LogP) is 6.91. The van der Waals surface area contributed by atoms with Crippen molar-refractivity contribution in [1.82, 2.24) is 9.55 Å². The van der Waals surface area contributed by atoms with Crippen molar-refractivity contribution in [3.05, 3.63) is 51.5 Å². The molecule has 2 heterocycles. The van der Waals surface area contributed by atoms with E-state index < -0.39 is 17.3 Å². The summed E-state index contributed by atoms with van der Waals surface area (Å²) in [7, 11) is 0. The zero-order chi connectivity index (χ0) is 22.6. The van der Waals surface area contributed by atoms with Crippen LogP contribution in [0.4, 0.5) is 24.8 Å². The first-order chi connectivity index (χ1) is 14.6. The Labute approximate surface area is 188 Å². The molecule has 1 aromatic heterocycles. The van der Waals surface area contributed by atoms with Crippen LogP contribution < -0.4 is 4.90 Å². The molecule has 2 aromatic carbocycles. The van der Waals surface area contributed by atoms with E-state index in [9.17, 15) is 18.3 Å². The third-order valence-electron chi connectivity index (χ3n) is 6.06. The number of imidazole rings is 1. The fraction of sp³-hybridized carbons (Fsp3) is 0.409.